The van der Waals surface area contributed by atoms with E-state index in [-0.39, 0.29) is 12.3 Å². The van der Waals surface area contributed by atoms with Gasteiger partial charge < -0.3 is 4.74 Å². The smallest absolute Gasteiger partial charge is 0.357 e. The average Bonchev–Trinajstić information content (AvgIpc) is 2.53. The van der Waals surface area contributed by atoms with Crippen LogP contribution in [0.25, 0.3) is 10.9 Å². The topological polar surface area (TPSA) is 39.2 Å². The quantitative estimate of drug-likeness (QED) is 0.641. The lowest BCUT2D eigenvalue weighted by Crippen LogP contribution is -2.07. The summed E-state index contributed by atoms with van der Waals surface area (Å²) in [6.07, 6.45) is 0. The number of pyridine rings is 1. The summed E-state index contributed by atoms with van der Waals surface area (Å²) >= 11 is 11.9. The van der Waals surface area contributed by atoms with Crippen molar-refractivity contribution in [1.82, 2.24) is 4.98 Å². The molecule has 0 fully saturated rings. The van der Waals surface area contributed by atoms with Crippen LogP contribution in [0.2, 0.25) is 10.0 Å². The molecule has 0 N–H and O–H groups in total. The highest BCUT2D eigenvalue weighted by molar-refractivity contribution is 6.35. The Kier molecular flexibility index (Phi) is 4.27. The van der Waals surface area contributed by atoms with E-state index in [4.69, 9.17) is 27.9 Å². The highest BCUT2D eigenvalue weighted by Crippen LogP contribution is 2.22. The minimum absolute atomic E-state index is 0.0728. The molecule has 3 nitrogen and oxygen atoms in total. The Balaban J connectivity index is 1.75. The van der Waals surface area contributed by atoms with Crippen LogP contribution in [0, 0.1) is 0 Å². The van der Waals surface area contributed by atoms with Crippen molar-refractivity contribution in [3.05, 3.63) is 75.9 Å². The molecular weight excluding hydrogens is 321 g/mol. The number of aromatic nitrogens is 1. The van der Waals surface area contributed by atoms with Crippen LogP contribution in [0.1, 0.15) is 16.1 Å². The van der Waals surface area contributed by atoms with E-state index in [0.717, 1.165) is 10.9 Å². The lowest BCUT2D eigenvalue weighted by Gasteiger charge is -2.07. The summed E-state index contributed by atoms with van der Waals surface area (Å²) in [5.74, 6) is -0.489. The summed E-state index contributed by atoms with van der Waals surface area (Å²) in [5, 5.41) is 1.97. The molecule has 0 amide bonds. The molecule has 0 radical (unpaired) electrons. The van der Waals surface area contributed by atoms with Crippen molar-refractivity contribution in [3.63, 3.8) is 0 Å². The summed E-state index contributed by atoms with van der Waals surface area (Å²) in [6, 6.07) is 16.1. The van der Waals surface area contributed by atoms with Gasteiger partial charge in [-0.2, -0.15) is 0 Å². The lowest BCUT2D eigenvalue weighted by molar-refractivity contribution is 0.0466. The number of esters is 1. The molecule has 2 aromatic carbocycles. The average molecular weight is 332 g/mol. The first-order valence-corrected chi connectivity index (χ1v) is 7.36. The van der Waals surface area contributed by atoms with E-state index < -0.39 is 5.97 Å². The molecule has 1 aromatic heterocycles. The van der Waals surface area contributed by atoms with Crippen molar-refractivity contribution in [2.24, 2.45) is 0 Å². The molecule has 0 bridgehead atoms. The molecule has 0 aliphatic carbocycles. The van der Waals surface area contributed by atoms with Crippen LogP contribution >= 0.6 is 23.2 Å². The number of rotatable bonds is 3. The number of carbonyl (C=O) groups is 1. The second-order valence-corrected chi connectivity index (χ2v) is 5.54. The summed E-state index contributed by atoms with van der Waals surface area (Å²) in [5.41, 5.74) is 1.71. The van der Waals surface area contributed by atoms with Crippen molar-refractivity contribution in [3.8, 4) is 0 Å². The van der Waals surface area contributed by atoms with E-state index >= 15 is 0 Å². The van der Waals surface area contributed by atoms with Crippen LogP contribution in [0.15, 0.2) is 54.6 Å². The van der Waals surface area contributed by atoms with Crippen LogP contribution < -0.4 is 0 Å². The van der Waals surface area contributed by atoms with Gasteiger partial charge in [-0.3, -0.25) is 0 Å². The highest BCUT2D eigenvalue weighted by atomic mass is 35.5. The van der Waals surface area contributed by atoms with Gasteiger partial charge in [0.15, 0.2) is 0 Å². The molecule has 5 heteroatoms. The lowest BCUT2D eigenvalue weighted by atomic mass is 10.2. The first-order valence-electron chi connectivity index (χ1n) is 6.60. The molecule has 0 atom stereocenters. The van der Waals surface area contributed by atoms with Gasteiger partial charge in [0.2, 0.25) is 0 Å². The number of ether oxygens (including phenoxy) is 1. The molecule has 0 aliphatic heterocycles. The normalized spacial score (nSPS) is 10.6. The Morgan fingerprint density at radius 1 is 1.05 bits per heavy atom. The third-order valence-electron chi connectivity index (χ3n) is 3.18. The molecular formula is C17H11Cl2NO2. The molecule has 0 aliphatic rings. The Hall–Kier alpha value is -2.10. The Morgan fingerprint density at radius 3 is 2.68 bits per heavy atom. The fraction of sp³-hybridized carbons (Fsp3) is 0.0588. The van der Waals surface area contributed by atoms with Gasteiger partial charge in [0, 0.05) is 21.0 Å². The zero-order chi connectivity index (χ0) is 15.5. The number of halogens is 2. The van der Waals surface area contributed by atoms with Crippen LogP contribution in [-0.2, 0) is 11.3 Å². The largest absolute Gasteiger partial charge is 0.456 e. The van der Waals surface area contributed by atoms with E-state index in [2.05, 4.69) is 4.98 Å². The summed E-state index contributed by atoms with van der Waals surface area (Å²) in [6.45, 7) is 0.0728. The van der Waals surface area contributed by atoms with Gasteiger partial charge in [-0.15, -0.1) is 0 Å². The van der Waals surface area contributed by atoms with Crippen molar-refractivity contribution in [2.45, 2.75) is 6.61 Å². The minimum Gasteiger partial charge on any atom is -0.456 e. The predicted molar refractivity (Wildman–Crippen MR) is 87.3 cm³/mol. The highest BCUT2D eigenvalue weighted by Gasteiger charge is 2.11. The zero-order valence-corrected chi connectivity index (χ0v) is 12.9. The maximum atomic E-state index is 12.1. The molecule has 3 rings (SSSR count). The van der Waals surface area contributed by atoms with E-state index in [1.54, 1.807) is 24.3 Å². The van der Waals surface area contributed by atoms with Crippen molar-refractivity contribution in [2.75, 3.05) is 0 Å². The molecule has 0 unspecified atom stereocenters. The van der Waals surface area contributed by atoms with Crippen molar-refractivity contribution >= 4 is 40.1 Å². The molecule has 110 valence electrons. The SMILES string of the molecule is O=C(OCc1ccc(Cl)cc1Cl)c1ccc2ccccc2n1. The Morgan fingerprint density at radius 2 is 1.86 bits per heavy atom. The summed E-state index contributed by atoms with van der Waals surface area (Å²) in [4.78, 5) is 16.4. The number of fused-ring (bicyclic) bond motifs is 1. The molecule has 1 heterocycles. The summed E-state index contributed by atoms with van der Waals surface area (Å²) in [7, 11) is 0. The van der Waals surface area contributed by atoms with Gasteiger partial charge in [-0.1, -0.05) is 53.5 Å². The maximum absolute atomic E-state index is 12.1. The van der Waals surface area contributed by atoms with E-state index in [0.29, 0.717) is 15.6 Å². The van der Waals surface area contributed by atoms with Crippen LogP contribution in [0.3, 0.4) is 0 Å². The minimum atomic E-state index is -0.489. The first kappa shape index (κ1) is 14.8. The molecule has 0 spiro atoms. The van der Waals surface area contributed by atoms with Gasteiger partial charge in [0.25, 0.3) is 0 Å². The van der Waals surface area contributed by atoms with Crippen LogP contribution in [-0.4, -0.2) is 11.0 Å². The fourth-order valence-electron chi connectivity index (χ4n) is 2.04. The van der Waals surface area contributed by atoms with Gasteiger partial charge >= 0.3 is 5.97 Å². The first-order chi connectivity index (χ1) is 10.6. The monoisotopic (exact) mass is 331 g/mol. The second-order valence-electron chi connectivity index (χ2n) is 4.70. The molecule has 22 heavy (non-hydrogen) atoms. The number of carbonyl (C=O) groups excluding carboxylic acids is 1. The van der Waals surface area contributed by atoms with Gasteiger partial charge in [0.05, 0.1) is 5.52 Å². The number of benzene rings is 2. The molecule has 3 aromatic rings. The number of para-hydroxylation sites is 1. The number of hydrogen-bond acceptors (Lipinski definition) is 3. The molecule has 0 saturated heterocycles. The van der Waals surface area contributed by atoms with Gasteiger partial charge in [-0.05, 0) is 24.3 Å². The summed E-state index contributed by atoms with van der Waals surface area (Å²) < 4.78 is 5.25. The number of hydrogen-bond donors (Lipinski definition) is 0. The zero-order valence-electron chi connectivity index (χ0n) is 11.4. The molecule has 0 saturated carbocycles. The van der Waals surface area contributed by atoms with E-state index in [9.17, 15) is 4.79 Å². The van der Waals surface area contributed by atoms with E-state index in [1.807, 2.05) is 30.3 Å². The van der Waals surface area contributed by atoms with Gasteiger partial charge in [-0.25, -0.2) is 9.78 Å². The number of nitrogens with zero attached hydrogens (tertiary/aromatic N) is 1. The van der Waals surface area contributed by atoms with E-state index in [1.165, 1.54) is 0 Å². The third-order valence-corrected chi connectivity index (χ3v) is 3.77. The maximum Gasteiger partial charge on any atom is 0.357 e. The van der Waals surface area contributed by atoms with Crippen LogP contribution in [0.4, 0.5) is 0 Å². The third kappa shape index (κ3) is 3.21. The Labute approximate surface area is 137 Å². The van der Waals surface area contributed by atoms with Crippen LogP contribution in [0.5, 0.6) is 0 Å². The Bertz CT molecular complexity index is 849. The van der Waals surface area contributed by atoms with Crippen molar-refractivity contribution < 1.29 is 9.53 Å². The van der Waals surface area contributed by atoms with Crippen molar-refractivity contribution in [1.29, 1.82) is 0 Å². The van der Waals surface area contributed by atoms with Gasteiger partial charge in [0.1, 0.15) is 12.3 Å². The second kappa shape index (κ2) is 6.34. The standard InChI is InChI=1S/C17H11Cl2NO2/c18-13-7-5-12(14(19)9-13)10-22-17(21)16-8-6-11-3-1-2-4-15(11)20-16/h1-9H,10H2. The fourth-order valence-corrected chi connectivity index (χ4v) is 2.50. The predicted octanol–water partition coefficient (Wildman–Crippen LogP) is 4.90.